The number of amides is 1. The summed E-state index contributed by atoms with van der Waals surface area (Å²) in [6.07, 6.45) is 3.44. The molecule has 2 nitrogen and oxygen atoms in total. The summed E-state index contributed by atoms with van der Waals surface area (Å²) in [7, 11) is 0. The van der Waals surface area contributed by atoms with E-state index in [4.69, 9.17) is 0 Å². The third-order valence-electron chi connectivity index (χ3n) is 3.67. The quantitative estimate of drug-likeness (QED) is 0.725. The van der Waals surface area contributed by atoms with Gasteiger partial charge in [-0.2, -0.15) is 0 Å². The number of hydrogen-bond donors (Lipinski definition) is 1. The van der Waals surface area contributed by atoms with Crippen molar-refractivity contribution in [2.45, 2.75) is 47.0 Å². The Morgan fingerprint density at radius 1 is 1.20 bits per heavy atom. The van der Waals surface area contributed by atoms with Crippen LogP contribution in [0.5, 0.6) is 0 Å². The molecule has 0 aliphatic heterocycles. The first-order valence-electron chi connectivity index (χ1n) is 7.41. The zero-order valence-corrected chi connectivity index (χ0v) is 14.6. The first kappa shape index (κ1) is 17.2. The lowest BCUT2D eigenvalue weighted by atomic mass is 9.98. The van der Waals surface area contributed by atoms with Gasteiger partial charge < -0.3 is 5.32 Å². The molecule has 112 valence electrons. The second kappa shape index (κ2) is 8.46. The minimum Gasteiger partial charge on any atom is -0.352 e. The Bertz CT molecular complexity index is 427. The zero-order valence-electron chi connectivity index (χ0n) is 13.1. The molecule has 0 fully saturated rings. The van der Waals surface area contributed by atoms with E-state index >= 15 is 0 Å². The Morgan fingerprint density at radius 3 is 2.30 bits per heavy atom. The summed E-state index contributed by atoms with van der Waals surface area (Å²) in [5, 5.41) is 4.11. The molecule has 0 aliphatic rings. The van der Waals surface area contributed by atoms with Gasteiger partial charge in [-0.25, -0.2) is 0 Å². The van der Waals surface area contributed by atoms with Crippen LogP contribution in [0.1, 0.15) is 53.2 Å². The Hall–Kier alpha value is -0.830. The molecule has 0 bridgehead atoms. The Kier molecular flexibility index (Phi) is 7.28. The van der Waals surface area contributed by atoms with Crippen molar-refractivity contribution in [3.05, 3.63) is 34.4 Å². The SMILES string of the molecule is CCCC(CCBr)CNC(=O)c1c(C)cc(C)cc1C. The van der Waals surface area contributed by atoms with Crippen molar-refractivity contribution >= 4 is 21.8 Å². The van der Waals surface area contributed by atoms with E-state index in [1.807, 2.05) is 13.8 Å². The van der Waals surface area contributed by atoms with Gasteiger partial charge in [0.05, 0.1) is 0 Å². The van der Waals surface area contributed by atoms with Crippen LogP contribution in [0.3, 0.4) is 0 Å². The number of alkyl halides is 1. The van der Waals surface area contributed by atoms with Crippen LogP contribution in [0.2, 0.25) is 0 Å². The van der Waals surface area contributed by atoms with Crippen LogP contribution in [0, 0.1) is 26.7 Å². The van der Waals surface area contributed by atoms with E-state index in [0.717, 1.165) is 47.8 Å². The van der Waals surface area contributed by atoms with Crippen LogP contribution >= 0.6 is 15.9 Å². The van der Waals surface area contributed by atoms with Crippen LogP contribution < -0.4 is 5.32 Å². The molecule has 1 unspecified atom stereocenters. The number of carbonyl (C=O) groups excluding carboxylic acids is 1. The maximum atomic E-state index is 12.4. The van der Waals surface area contributed by atoms with Gasteiger partial charge in [-0.05, 0) is 50.7 Å². The number of hydrogen-bond acceptors (Lipinski definition) is 1. The van der Waals surface area contributed by atoms with Crippen molar-refractivity contribution < 1.29 is 4.79 Å². The number of benzene rings is 1. The van der Waals surface area contributed by atoms with Gasteiger partial charge in [0.15, 0.2) is 0 Å². The third-order valence-corrected chi connectivity index (χ3v) is 4.13. The van der Waals surface area contributed by atoms with Crippen LogP contribution in [0.4, 0.5) is 0 Å². The lowest BCUT2D eigenvalue weighted by Crippen LogP contribution is -2.30. The molecule has 1 N–H and O–H groups in total. The van der Waals surface area contributed by atoms with Gasteiger partial charge in [0, 0.05) is 17.4 Å². The van der Waals surface area contributed by atoms with Gasteiger partial charge in [0.1, 0.15) is 0 Å². The Morgan fingerprint density at radius 2 is 1.80 bits per heavy atom. The maximum absolute atomic E-state index is 12.4. The van der Waals surface area contributed by atoms with Gasteiger partial charge in [0.2, 0.25) is 0 Å². The average Bonchev–Trinajstić information content (AvgIpc) is 2.35. The highest BCUT2D eigenvalue weighted by Crippen LogP contribution is 2.17. The average molecular weight is 340 g/mol. The van der Waals surface area contributed by atoms with E-state index in [-0.39, 0.29) is 5.91 Å². The van der Waals surface area contributed by atoms with Crippen molar-refractivity contribution in [1.29, 1.82) is 0 Å². The molecule has 0 saturated carbocycles. The molecule has 3 heteroatoms. The van der Waals surface area contributed by atoms with Crippen molar-refractivity contribution in [2.75, 3.05) is 11.9 Å². The molecule has 1 atom stereocenters. The predicted octanol–water partition coefficient (Wildman–Crippen LogP) is 4.54. The van der Waals surface area contributed by atoms with E-state index < -0.39 is 0 Å². The van der Waals surface area contributed by atoms with Gasteiger partial charge in [0.25, 0.3) is 5.91 Å². The van der Waals surface area contributed by atoms with E-state index in [1.54, 1.807) is 0 Å². The molecule has 0 saturated heterocycles. The summed E-state index contributed by atoms with van der Waals surface area (Å²) in [6, 6.07) is 4.15. The highest BCUT2D eigenvalue weighted by molar-refractivity contribution is 9.09. The summed E-state index contributed by atoms with van der Waals surface area (Å²) < 4.78 is 0. The second-order valence-corrected chi connectivity index (χ2v) is 6.41. The van der Waals surface area contributed by atoms with Crippen molar-refractivity contribution in [1.82, 2.24) is 5.32 Å². The first-order chi connectivity index (χ1) is 9.49. The third kappa shape index (κ3) is 4.93. The predicted molar refractivity (Wildman–Crippen MR) is 89.8 cm³/mol. The second-order valence-electron chi connectivity index (χ2n) is 5.62. The summed E-state index contributed by atoms with van der Waals surface area (Å²) in [4.78, 5) is 12.4. The fourth-order valence-corrected chi connectivity index (χ4v) is 3.42. The molecule has 20 heavy (non-hydrogen) atoms. The molecule has 0 radical (unpaired) electrons. The van der Waals surface area contributed by atoms with Crippen LogP contribution in [0.25, 0.3) is 0 Å². The van der Waals surface area contributed by atoms with E-state index in [0.29, 0.717) is 5.92 Å². The van der Waals surface area contributed by atoms with E-state index in [9.17, 15) is 4.79 Å². The maximum Gasteiger partial charge on any atom is 0.251 e. The topological polar surface area (TPSA) is 29.1 Å². The molecule has 1 amide bonds. The molecule has 1 aromatic rings. The number of rotatable bonds is 7. The monoisotopic (exact) mass is 339 g/mol. The minimum atomic E-state index is 0.0654. The minimum absolute atomic E-state index is 0.0654. The summed E-state index contributed by atoms with van der Waals surface area (Å²) in [5.74, 6) is 0.630. The number of carbonyl (C=O) groups is 1. The fraction of sp³-hybridized carbons (Fsp3) is 0.588. The smallest absolute Gasteiger partial charge is 0.251 e. The highest BCUT2D eigenvalue weighted by Gasteiger charge is 2.14. The zero-order chi connectivity index (χ0) is 15.1. The van der Waals surface area contributed by atoms with Crippen molar-refractivity contribution in [3.8, 4) is 0 Å². The van der Waals surface area contributed by atoms with Crippen molar-refractivity contribution in [2.24, 2.45) is 5.92 Å². The lowest BCUT2D eigenvalue weighted by Gasteiger charge is -2.17. The van der Waals surface area contributed by atoms with Gasteiger partial charge >= 0.3 is 0 Å². The summed E-state index contributed by atoms with van der Waals surface area (Å²) in [6.45, 7) is 9.05. The van der Waals surface area contributed by atoms with E-state index in [2.05, 4.69) is 47.2 Å². The van der Waals surface area contributed by atoms with E-state index in [1.165, 1.54) is 5.56 Å². The largest absolute Gasteiger partial charge is 0.352 e. The first-order valence-corrected chi connectivity index (χ1v) is 8.53. The molecule has 0 heterocycles. The lowest BCUT2D eigenvalue weighted by molar-refractivity contribution is 0.0945. The number of halogens is 1. The molecule has 1 aromatic carbocycles. The Labute approximate surface area is 131 Å². The van der Waals surface area contributed by atoms with Crippen molar-refractivity contribution in [3.63, 3.8) is 0 Å². The van der Waals surface area contributed by atoms with Crippen LogP contribution in [-0.4, -0.2) is 17.8 Å². The van der Waals surface area contributed by atoms with Gasteiger partial charge in [-0.3, -0.25) is 4.79 Å². The molecule has 0 aliphatic carbocycles. The molecular weight excluding hydrogens is 314 g/mol. The standard InChI is InChI=1S/C17H26BrNO/c1-5-6-15(7-8-18)11-19-17(20)16-13(3)9-12(2)10-14(16)4/h9-10,15H,5-8,11H2,1-4H3,(H,19,20). The molecular formula is C17H26BrNO. The van der Waals surface area contributed by atoms with Gasteiger partial charge in [-0.15, -0.1) is 0 Å². The van der Waals surface area contributed by atoms with Gasteiger partial charge in [-0.1, -0.05) is 47.0 Å². The van der Waals surface area contributed by atoms with Crippen LogP contribution in [-0.2, 0) is 0 Å². The summed E-state index contributed by atoms with van der Waals surface area (Å²) >= 11 is 3.49. The Balaban J connectivity index is 2.71. The molecule has 0 aromatic heterocycles. The number of aryl methyl sites for hydroxylation is 3. The highest BCUT2D eigenvalue weighted by atomic mass is 79.9. The number of nitrogens with one attached hydrogen (secondary N) is 1. The fourth-order valence-electron chi connectivity index (χ4n) is 2.77. The normalized spacial score (nSPS) is 12.2. The van der Waals surface area contributed by atoms with Crippen LogP contribution in [0.15, 0.2) is 12.1 Å². The molecule has 1 rings (SSSR count). The molecule has 0 spiro atoms. The summed E-state index contributed by atoms with van der Waals surface area (Å²) in [5.41, 5.74) is 4.17.